The molecule has 0 amide bonds. The largest absolute Gasteiger partial charge is 0.452 e. The summed E-state index contributed by atoms with van der Waals surface area (Å²) in [6, 6.07) is 6.38. The average Bonchev–Trinajstić information content (AvgIpc) is 2.97. The maximum absolute atomic E-state index is 6.32. The molecule has 124 valence electrons. The van der Waals surface area contributed by atoms with Gasteiger partial charge in [-0.2, -0.15) is 0 Å². The molecule has 0 atom stereocenters. The quantitative estimate of drug-likeness (QED) is 0.608. The first-order chi connectivity index (χ1) is 11.2. The number of aromatic nitrogens is 1. The first-order valence-electron chi connectivity index (χ1n) is 8.34. The van der Waals surface area contributed by atoms with E-state index in [0.29, 0.717) is 0 Å². The summed E-state index contributed by atoms with van der Waals surface area (Å²) in [6.07, 6.45) is 6.26. The number of fused-ring (bicyclic) bond motifs is 3. The molecule has 4 heteroatoms. The van der Waals surface area contributed by atoms with Crippen LogP contribution in [0.15, 0.2) is 41.2 Å². The van der Waals surface area contributed by atoms with E-state index in [1.807, 2.05) is 19.2 Å². The van der Waals surface area contributed by atoms with Crippen molar-refractivity contribution in [1.29, 1.82) is 0 Å². The molecule has 0 radical (unpaired) electrons. The lowest BCUT2D eigenvalue weighted by molar-refractivity contribution is -0.882. The zero-order valence-corrected chi connectivity index (χ0v) is 15.2. The molecule has 0 N–H and O–H groups in total. The lowest BCUT2D eigenvalue weighted by atomic mass is 10.0. The minimum absolute atomic E-state index is 0.0920. The monoisotopic (exact) mass is 322 g/mol. The summed E-state index contributed by atoms with van der Waals surface area (Å²) in [5.74, 6) is 0. The molecule has 1 aliphatic rings. The normalized spacial score (nSPS) is 18.8. The molecule has 0 bridgehead atoms. The van der Waals surface area contributed by atoms with Gasteiger partial charge in [-0.3, -0.25) is 14.4 Å². The highest BCUT2D eigenvalue weighted by Gasteiger charge is 2.46. The Morgan fingerprint density at radius 2 is 1.75 bits per heavy atom. The van der Waals surface area contributed by atoms with Crippen molar-refractivity contribution >= 4 is 27.6 Å². The Labute approximate surface area is 142 Å². The van der Waals surface area contributed by atoms with Crippen molar-refractivity contribution in [2.45, 2.75) is 33.4 Å². The fourth-order valence-electron chi connectivity index (χ4n) is 3.50. The highest BCUT2D eigenvalue weighted by molar-refractivity contribution is 6.10. The molecule has 0 unspecified atom stereocenters. The molecule has 4 nitrogen and oxygen atoms in total. The van der Waals surface area contributed by atoms with Gasteiger partial charge in [-0.15, -0.1) is 0 Å². The van der Waals surface area contributed by atoms with E-state index in [9.17, 15) is 0 Å². The van der Waals surface area contributed by atoms with Crippen molar-refractivity contribution < 1.29 is 8.90 Å². The molecular weight excluding hydrogens is 298 g/mol. The molecule has 0 spiro atoms. The second-order valence-corrected chi connectivity index (χ2v) is 7.69. The molecule has 4 rings (SSSR count). The number of anilines is 1. The van der Waals surface area contributed by atoms with Crippen LogP contribution in [0.2, 0.25) is 0 Å². The third-order valence-corrected chi connectivity index (χ3v) is 5.74. The van der Waals surface area contributed by atoms with Gasteiger partial charge < -0.3 is 4.42 Å². The van der Waals surface area contributed by atoms with Gasteiger partial charge >= 0.3 is 0 Å². The van der Waals surface area contributed by atoms with Gasteiger partial charge in [0.05, 0.1) is 31.7 Å². The van der Waals surface area contributed by atoms with E-state index in [1.165, 1.54) is 5.56 Å². The van der Waals surface area contributed by atoms with Crippen LogP contribution in [0, 0.1) is 13.8 Å². The number of quaternary nitrogens is 1. The number of aryl methyl sites for hydroxylation is 2. The second kappa shape index (κ2) is 4.61. The smallest absolute Gasteiger partial charge is 0.176 e. The minimum atomic E-state index is -0.0920. The highest BCUT2D eigenvalue weighted by Crippen LogP contribution is 2.43. The van der Waals surface area contributed by atoms with E-state index >= 15 is 0 Å². The van der Waals surface area contributed by atoms with Crippen molar-refractivity contribution in [3.63, 3.8) is 0 Å². The number of rotatable bonds is 1. The van der Waals surface area contributed by atoms with Gasteiger partial charge in [0, 0.05) is 30.8 Å². The van der Waals surface area contributed by atoms with Crippen molar-refractivity contribution in [2.75, 3.05) is 19.0 Å². The molecule has 3 aromatic rings. The number of hydrogen-bond donors (Lipinski definition) is 0. The third kappa shape index (κ3) is 1.80. The zero-order chi connectivity index (χ0) is 17.3. The molecule has 1 aliphatic heterocycles. The zero-order valence-electron chi connectivity index (χ0n) is 15.2. The summed E-state index contributed by atoms with van der Waals surface area (Å²) in [4.78, 5) is 6.72. The van der Waals surface area contributed by atoms with Crippen LogP contribution in [0.5, 0.6) is 0 Å². The van der Waals surface area contributed by atoms with Crippen LogP contribution >= 0.6 is 0 Å². The number of furan rings is 1. The Kier molecular flexibility index (Phi) is 2.92. The first kappa shape index (κ1) is 15.2. The summed E-state index contributed by atoms with van der Waals surface area (Å²) < 4.78 is 7.12. The van der Waals surface area contributed by atoms with Gasteiger partial charge in [0.2, 0.25) is 0 Å². The van der Waals surface area contributed by atoms with Crippen LogP contribution in [0.25, 0.3) is 21.9 Å². The van der Waals surface area contributed by atoms with Gasteiger partial charge in [0.1, 0.15) is 6.20 Å². The van der Waals surface area contributed by atoms with Gasteiger partial charge in [-0.25, -0.2) is 0 Å². The molecule has 3 heterocycles. The van der Waals surface area contributed by atoms with Gasteiger partial charge in [0.25, 0.3) is 0 Å². The SMILES string of the molecule is Cc1ccc2c(oc3c(C)nccc32)c1N1C=C[N+](C)(C)C1(C)C. The number of benzene rings is 1. The third-order valence-electron chi connectivity index (χ3n) is 5.74. The average molecular weight is 322 g/mol. The van der Waals surface area contributed by atoms with Crippen molar-refractivity contribution in [1.82, 2.24) is 4.98 Å². The van der Waals surface area contributed by atoms with Crippen LogP contribution in [-0.4, -0.2) is 29.2 Å². The highest BCUT2D eigenvalue weighted by atomic mass is 16.3. The predicted molar refractivity (Wildman–Crippen MR) is 98.8 cm³/mol. The van der Waals surface area contributed by atoms with Crippen LogP contribution in [0.3, 0.4) is 0 Å². The van der Waals surface area contributed by atoms with Crippen molar-refractivity contribution in [3.05, 3.63) is 48.1 Å². The first-order valence-corrected chi connectivity index (χ1v) is 8.34. The topological polar surface area (TPSA) is 29.3 Å². The number of hydrogen-bond acceptors (Lipinski definition) is 3. The minimum Gasteiger partial charge on any atom is -0.452 e. The van der Waals surface area contributed by atoms with Gasteiger partial charge in [-0.05, 0) is 25.5 Å². The Balaban J connectivity index is 2.06. The fourth-order valence-corrected chi connectivity index (χ4v) is 3.50. The molecule has 0 saturated heterocycles. The lowest BCUT2D eigenvalue weighted by Crippen LogP contribution is -2.57. The summed E-state index contributed by atoms with van der Waals surface area (Å²) in [5.41, 5.74) is 5.03. The van der Waals surface area contributed by atoms with Crippen LogP contribution in [0.1, 0.15) is 25.1 Å². The number of nitrogens with zero attached hydrogens (tertiary/aromatic N) is 3. The van der Waals surface area contributed by atoms with Crippen molar-refractivity contribution in [3.8, 4) is 0 Å². The summed E-state index contributed by atoms with van der Waals surface area (Å²) in [6.45, 7) is 8.67. The maximum Gasteiger partial charge on any atom is 0.176 e. The number of pyridine rings is 1. The Hall–Kier alpha value is -2.33. The van der Waals surface area contributed by atoms with E-state index in [0.717, 1.165) is 37.8 Å². The molecule has 2 aromatic heterocycles. The molecular formula is C20H24N3O+. The Bertz CT molecular complexity index is 995. The summed E-state index contributed by atoms with van der Waals surface area (Å²) in [5, 5.41) is 2.28. The summed E-state index contributed by atoms with van der Waals surface area (Å²) in [7, 11) is 4.44. The fraction of sp³-hybridized carbons (Fsp3) is 0.350. The van der Waals surface area contributed by atoms with Crippen LogP contribution in [0.4, 0.5) is 5.69 Å². The van der Waals surface area contributed by atoms with Crippen LogP contribution < -0.4 is 4.90 Å². The molecule has 24 heavy (non-hydrogen) atoms. The van der Waals surface area contributed by atoms with E-state index in [4.69, 9.17) is 4.42 Å². The van der Waals surface area contributed by atoms with Crippen molar-refractivity contribution in [2.24, 2.45) is 0 Å². The van der Waals surface area contributed by atoms with E-state index in [1.54, 1.807) is 0 Å². The van der Waals surface area contributed by atoms with Gasteiger partial charge in [0.15, 0.2) is 16.8 Å². The van der Waals surface area contributed by atoms with Crippen LogP contribution in [-0.2, 0) is 0 Å². The standard InChI is InChI=1S/C20H24N3O/c1-13-7-8-15-16-9-10-21-14(2)18(16)24-19(15)17(13)22-11-12-23(5,6)20(22,3)4/h7-12H,1-6H3/q+1. The lowest BCUT2D eigenvalue weighted by Gasteiger charge is -2.42. The molecule has 0 aliphatic carbocycles. The molecule has 0 saturated carbocycles. The van der Waals surface area contributed by atoms with E-state index < -0.39 is 0 Å². The van der Waals surface area contributed by atoms with E-state index in [2.05, 4.69) is 69.3 Å². The maximum atomic E-state index is 6.32. The predicted octanol–water partition coefficient (Wildman–Crippen LogP) is 4.70. The molecule has 0 fully saturated rings. The molecule has 1 aromatic carbocycles. The van der Waals surface area contributed by atoms with E-state index in [-0.39, 0.29) is 5.66 Å². The summed E-state index contributed by atoms with van der Waals surface area (Å²) >= 11 is 0. The Morgan fingerprint density at radius 1 is 1.04 bits per heavy atom. The Morgan fingerprint density at radius 3 is 2.42 bits per heavy atom. The second-order valence-electron chi connectivity index (χ2n) is 7.69. The van der Waals surface area contributed by atoms with Gasteiger partial charge in [-0.1, -0.05) is 12.1 Å².